The van der Waals surface area contributed by atoms with Crippen molar-refractivity contribution in [3.8, 4) is 0 Å². The highest BCUT2D eigenvalue weighted by molar-refractivity contribution is 5.41. The molecule has 1 spiro atoms. The van der Waals surface area contributed by atoms with Crippen molar-refractivity contribution in [2.75, 3.05) is 6.54 Å². The summed E-state index contributed by atoms with van der Waals surface area (Å²) >= 11 is 0. The third-order valence-electron chi connectivity index (χ3n) is 4.82. The molecule has 2 aliphatic carbocycles. The minimum atomic E-state index is -0.0952. The standard InChI is InChI=1S/C15H20FN/c16-12-2-3-14-13(10-12)11(5-9-17)4-8-15(14)6-1-7-15/h2-3,10-11H,1,4-9,17H2. The summed E-state index contributed by atoms with van der Waals surface area (Å²) in [5, 5.41) is 0. The van der Waals surface area contributed by atoms with Gasteiger partial charge in [0, 0.05) is 0 Å². The Morgan fingerprint density at radius 1 is 1.29 bits per heavy atom. The second kappa shape index (κ2) is 4.09. The van der Waals surface area contributed by atoms with E-state index in [4.69, 9.17) is 5.73 Å². The van der Waals surface area contributed by atoms with Crippen LogP contribution in [0, 0.1) is 5.82 Å². The number of rotatable bonds is 2. The van der Waals surface area contributed by atoms with E-state index >= 15 is 0 Å². The van der Waals surface area contributed by atoms with E-state index < -0.39 is 0 Å². The summed E-state index contributed by atoms with van der Waals surface area (Å²) in [5.74, 6) is 0.388. The Hall–Kier alpha value is -0.890. The lowest BCUT2D eigenvalue weighted by atomic mass is 9.56. The molecule has 17 heavy (non-hydrogen) atoms. The molecule has 0 radical (unpaired) electrons. The van der Waals surface area contributed by atoms with E-state index in [2.05, 4.69) is 0 Å². The van der Waals surface area contributed by atoms with Gasteiger partial charge in [0.15, 0.2) is 0 Å². The van der Waals surface area contributed by atoms with Crippen LogP contribution in [0.1, 0.15) is 55.6 Å². The summed E-state index contributed by atoms with van der Waals surface area (Å²) in [5.41, 5.74) is 8.75. The molecule has 1 unspecified atom stereocenters. The minimum Gasteiger partial charge on any atom is -0.330 e. The number of halogens is 1. The Kier molecular flexibility index (Phi) is 2.70. The Bertz CT molecular complexity index is 423. The first-order chi connectivity index (χ1) is 8.25. The van der Waals surface area contributed by atoms with Crippen LogP contribution in [0.2, 0.25) is 0 Å². The normalized spacial score (nSPS) is 25.4. The van der Waals surface area contributed by atoms with Gasteiger partial charge in [-0.25, -0.2) is 4.39 Å². The van der Waals surface area contributed by atoms with Crippen LogP contribution in [-0.4, -0.2) is 6.54 Å². The van der Waals surface area contributed by atoms with Gasteiger partial charge < -0.3 is 5.73 Å². The maximum atomic E-state index is 13.5. The summed E-state index contributed by atoms with van der Waals surface area (Å²) in [7, 11) is 0. The molecule has 0 aliphatic heterocycles. The van der Waals surface area contributed by atoms with Crippen LogP contribution in [0.3, 0.4) is 0 Å². The van der Waals surface area contributed by atoms with Crippen molar-refractivity contribution in [1.29, 1.82) is 0 Å². The van der Waals surface area contributed by atoms with Crippen LogP contribution >= 0.6 is 0 Å². The number of hydrogen-bond donors (Lipinski definition) is 1. The zero-order chi connectivity index (χ0) is 11.9. The molecule has 0 bridgehead atoms. The van der Waals surface area contributed by atoms with Gasteiger partial charge in [-0.15, -0.1) is 0 Å². The van der Waals surface area contributed by atoms with Crippen LogP contribution in [-0.2, 0) is 5.41 Å². The highest BCUT2D eigenvalue weighted by Gasteiger charge is 2.43. The van der Waals surface area contributed by atoms with E-state index in [1.807, 2.05) is 6.07 Å². The van der Waals surface area contributed by atoms with Crippen molar-refractivity contribution in [3.05, 3.63) is 35.1 Å². The molecule has 2 N–H and O–H groups in total. The predicted octanol–water partition coefficient (Wildman–Crippen LogP) is 3.47. The quantitative estimate of drug-likeness (QED) is 0.831. The van der Waals surface area contributed by atoms with Gasteiger partial charge in [0.25, 0.3) is 0 Å². The maximum absolute atomic E-state index is 13.5. The highest BCUT2D eigenvalue weighted by atomic mass is 19.1. The molecular weight excluding hydrogens is 213 g/mol. The largest absolute Gasteiger partial charge is 0.330 e. The van der Waals surface area contributed by atoms with Crippen molar-refractivity contribution >= 4 is 0 Å². The van der Waals surface area contributed by atoms with Crippen LogP contribution in [0.15, 0.2) is 18.2 Å². The Balaban J connectivity index is 2.03. The lowest BCUT2D eigenvalue weighted by molar-refractivity contribution is 0.197. The molecule has 1 saturated carbocycles. The summed E-state index contributed by atoms with van der Waals surface area (Å²) in [4.78, 5) is 0. The van der Waals surface area contributed by atoms with Gasteiger partial charge in [0.1, 0.15) is 5.82 Å². The second-order valence-electron chi connectivity index (χ2n) is 5.68. The average Bonchev–Trinajstić information content (AvgIpc) is 2.28. The Morgan fingerprint density at radius 3 is 2.76 bits per heavy atom. The van der Waals surface area contributed by atoms with Crippen LogP contribution in [0.4, 0.5) is 4.39 Å². The molecule has 0 heterocycles. The number of fused-ring (bicyclic) bond motifs is 2. The van der Waals surface area contributed by atoms with Crippen molar-refractivity contribution in [1.82, 2.24) is 0 Å². The Morgan fingerprint density at radius 2 is 2.12 bits per heavy atom. The first-order valence-electron chi connectivity index (χ1n) is 6.75. The second-order valence-corrected chi connectivity index (χ2v) is 5.68. The monoisotopic (exact) mass is 233 g/mol. The molecule has 0 amide bonds. The molecule has 1 nitrogen and oxygen atoms in total. The summed E-state index contributed by atoms with van der Waals surface area (Å²) in [6.07, 6.45) is 7.37. The smallest absolute Gasteiger partial charge is 0.123 e. The lowest BCUT2D eigenvalue weighted by Crippen LogP contribution is -2.39. The topological polar surface area (TPSA) is 26.0 Å². The molecule has 2 aliphatic rings. The number of benzene rings is 1. The number of nitrogens with two attached hydrogens (primary N) is 1. The van der Waals surface area contributed by atoms with E-state index in [0.717, 1.165) is 6.42 Å². The third-order valence-corrected chi connectivity index (χ3v) is 4.82. The fraction of sp³-hybridized carbons (Fsp3) is 0.600. The lowest BCUT2D eigenvalue weighted by Gasteiger charge is -2.48. The molecule has 0 aromatic heterocycles. The predicted molar refractivity (Wildman–Crippen MR) is 67.6 cm³/mol. The van der Waals surface area contributed by atoms with Gasteiger partial charge in [0.05, 0.1) is 0 Å². The van der Waals surface area contributed by atoms with Gasteiger partial charge in [-0.3, -0.25) is 0 Å². The van der Waals surface area contributed by atoms with E-state index in [9.17, 15) is 4.39 Å². The number of hydrogen-bond acceptors (Lipinski definition) is 1. The molecule has 1 fully saturated rings. The molecule has 2 heteroatoms. The highest BCUT2D eigenvalue weighted by Crippen LogP contribution is 2.54. The van der Waals surface area contributed by atoms with E-state index in [1.165, 1.54) is 43.2 Å². The third kappa shape index (κ3) is 1.70. The fourth-order valence-electron chi connectivity index (χ4n) is 3.72. The van der Waals surface area contributed by atoms with Gasteiger partial charge in [0.2, 0.25) is 0 Å². The molecule has 1 aromatic carbocycles. The van der Waals surface area contributed by atoms with Gasteiger partial charge in [-0.1, -0.05) is 12.5 Å². The molecule has 1 atom stereocenters. The fourth-order valence-corrected chi connectivity index (χ4v) is 3.72. The van der Waals surface area contributed by atoms with E-state index in [1.54, 1.807) is 12.1 Å². The first-order valence-corrected chi connectivity index (χ1v) is 6.75. The molecule has 92 valence electrons. The summed E-state index contributed by atoms with van der Waals surface area (Å²) in [6.45, 7) is 0.702. The van der Waals surface area contributed by atoms with Crippen LogP contribution < -0.4 is 5.73 Å². The Labute approximate surface area is 102 Å². The first kappa shape index (κ1) is 11.2. The average molecular weight is 233 g/mol. The SMILES string of the molecule is NCCC1CCC2(CCC2)c2ccc(F)cc21. The molecule has 3 rings (SSSR count). The summed E-state index contributed by atoms with van der Waals surface area (Å²) in [6, 6.07) is 5.42. The van der Waals surface area contributed by atoms with Crippen molar-refractivity contribution in [2.45, 2.75) is 49.9 Å². The van der Waals surface area contributed by atoms with Gasteiger partial charge in [-0.05, 0) is 73.2 Å². The van der Waals surface area contributed by atoms with Crippen molar-refractivity contribution in [2.24, 2.45) is 5.73 Å². The summed E-state index contributed by atoms with van der Waals surface area (Å²) < 4.78 is 13.5. The van der Waals surface area contributed by atoms with Crippen molar-refractivity contribution in [3.63, 3.8) is 0 Å². The van der Waals surface area contributed by atoms with E-state index in [-0.39, 0.29) is 5.82 Å². The molecule has 1 aromatic rings. The van der Waals surface area contributed by atoms with Crippen molar-refractivity contribution < 1.29 is 4.39 Å². The zero-order valence-electron chi connectivity index (χ0n) is 10.2. The molecular formula is C15H20FN. The maximum Gasteiger partial charge on any atom is 0.123 e. The molecule has 0 saturated heterocycles. The van der Waals surface area contributed by atoms with Gasteiger partial charge in [-0.2, -0.15) is 0 Å². The zero-order valence-corrected chi connectivity index (χ0v) is 10.2. The minimum absolute atomic E-state index is 0.0952. The van der Waals surface area contributed by atoms with Crippen LogP contribution in [0.25, 0.3) is 0 Å². The van der Waals surface area contributed by atoms with Gasteiger partial charge >= 0.3 is 0 Å². The van der Waals surface area contributed by atoms with E-state index in [0.29, 0.717) is 17.9 Å². The van der Waals surface area contributed by atoms with Crippen LogP contribution in [0.5, 0.6) is 0 Å².